The van der Waals surface area contributed by atoms with E-state index in [0.29, 0.717) is 0 Å². The molecule has 1 saturated carbocycles. The third-order valence-electron chi connectivity index (χ3n) is 3.24. The summed E-state index contributed by atoms with van der Waals surface area (Å²) in [5.74, 6) is -2.44. The highest BCUT2D eigenvalue weighted by Crippen LogP contribution is 2.21. The summed E-state index contributed by atoms with van der Waals surface area (Å²) in [6, 6.07) is 3.33. The van der Waals surface area contributed by atoms with Gasteiger partial charge in [-0.3, -0.25) is 4.79 Å². The Bertz CT molecular complexity index is 512. The summed E-state index contributed by atoms with van der Waals surface area (Å²) in [6.07, 6.45) is 4.24. The van der Waals surface area contributed by atoms with Gasteiger partial charge in [0.2, 0.25) is 5.91 Å². The van der Waals surface area contributed by atoms with E-state index in [4.69, 9.17) is 9.84 Å². The number of carboxylic acid groups (broad SMARTS) is 1. The Morgan fingerprint density at radius 3 is 2.65 bits per heavy atom. The average molecular weight is 281 g/mol. The van der Waals surface area contributed by atoms with Crippen molar-refractivity contribution in [1.29, 1.82) is 0 Å². The van der Waals surface area contributed by atoms with Crippen LogP contribution in [-0.4, -0.2) is 29.7 Å². The van der Waals surface area contributed by atoms with Gasteiger partial charge in [-0.05, 0) is 31.0 Å². The fourth-order valence-electron chi connectivity index (χ4n) is 2.18. The first kappa shape index (κ1) is 14.5. The third kappa shape index (κ3) is 3.77. The van der Waals surface area contributed by atoms with E-state index < -0.39 is 17.7 Å². The highest BCUT2D eigenvalue weighted by Gasteiger charge is 2.17. The molecule has 0 atom stereocenters. The summed E-state index contributed by atoms with van der Waals surface area (Å²) >= 11 is 0. The monoisotopic (exact) mass is 281 g/mol. The lowest BCUT2D eigenvalue weighted by Crippen LogP contribution is -2.22. The number of hydrogen-bond donors (Lipinski definition) is 2. The third-order valence-corrected chi connectivity index (χ3v) is 3.24. The molecule has 0 bridgehead atoms. The lowest BCUT2D eigenvalue weighted by Gasteiger charge is -2.11. The van der Waals surface area contributed by atoms with Crippen LogP contribution in [0.1, 0.15) is 36.0 Å². The molecule has 0 heterocycles. The highest BCUT2D eigenvalue weighted by molar-refractivity contribution is 5.93. The van der Waals surface area contributed by atoms with Gasteiger partial charge in [-0.25, -0.2) is 9.18 Å². The topological polar surface area (TPSA) is 75.6 Å². The minimum Gasteiger partial charge on any atom is -0.478 e. The van der Waals surface area contributed by atoms with Crippen LogP contribution in [-0.2, 0) is 9.53 Å². The standard InChI is InChI=1S/C14H16FNO4/c15-11-7-9(14(18)19)5-6-12(11)16-13(17)8-20-10-3-1-2-4-10/h5-7,10H,1-4,8H2,(H,16,17)(H,18,19). The number of benzene rings is 1. The quantitative estimate of drug-likeness (QED) is 0.869. The fraction of sp³-hybridized carbons (Fsp3) is 0.429. The van der Waals surface area contributed by atoms with Gasteiger partial charge in [-0.1, -0.05) is 12.8 Å². The highest BCUT2D eigenvalue weighted by atomic mass is 19.1. The van der Waals surface area contributed by atoms with Crippen LogP contribution in [0.3, 0.4) is 0 Å². The summed E-state index contributed by atoms with van der Waals surface area (Å²) in [6.45, 7) is -0.120. The zero-order valence-corrected chi connectivity index (χ0v) is 10.9. The minimum absolute atomic E-state index is 0.0463. The second-order valence-corrected chi connectivity index (χ2v) is 4.77. The van der Waals surface area contributed by atoms with Gasteiger partial charge < -0.3 is 15.2 Å². The van der Waals surface area contributed by atoms with Crippen molar-refractivity contribution < 1.29 is 23.8 Å². The summed E-state index contributed by atoms with van der Waals surface area (Å²) in [5.41, 5.74) is -0.210. The number of carbonyl (C=O) groups is 2. The van der Waals surface area contributed by atoms with E-state index in [2.05, 4.69) is 5.32 Å². The first-order valence-electron chi connectivity index (χ1n) is 6.50. The number of hydrogen-bond acceptors (Lipinski definition) is 3. The molecule has 1 aromatic carbocycles. The number of halogens is 1. The van der Waals surface area contributed by atoms with Gasteiger partial charge in [-0.15, -0.1) is 0 Å². The molecule has 20 heavy (non-hydrogen) atoms. The Morgan fingerprint density at radius 2 is 2.05 bits per heavy atom. The molecule has 108 valence electrons. The lowest BCUT2D eigenvalue weighted by molar-refractivity contribution is -0.122. The van der Waals surface area contributed by atoms with Crippen LogP contribution in [0.15, 0.2) is 18.2 Å². The van der Waals surface area contributed by atoms with E-state index in [9.17, 15) is 14.0 Å². The maximum atomic E-state index is 13.6. The largest absolute Gasteiger partial charge is 0.478 e. The number of nitrogens with one attached hydrogen (secondary N) is 1. The van der Waals surface area contributed by atoms with E-state index >= 15 is 0 Å². The summed E-state index contributed by atoms with van der Waals surface area (Å²) in [5, 5.41) is 11.1. The number of aromatic carboxylic acids is 1. The Morgan fingerprint density at radius 1 is 1.35 bits per heavy atom. The Labute approximate surface area is 115 Å². The van der Waals surface area contributed by atoms with Gasteiger partial charge >= 0.3 is 5.97 Å². The van der Waals surface area contributed by atoms with E-state index in [0.717, 1.165) is 31.7 Å². The molecule has 0 aliphatic heterocycles. The maximum Gasteiger partial charge on any atom is 0.335 e. The number of ether oxygens (including phenoxy) is 1. The van der Waals surface area contributed by atoms with Gasteiger partial charge in [0.15, 0.2) is 0 Å². The smallest absolute Gasteiger partial charge is 0.335 e. The Kier molecular flexibility index (Phi) is 4.68. The van der Waals surface area contributed by atoms with Crippen molar-refractivity contribution in [3.63, 3.8) is 0 Å². The number of carbonyl (C=O) groups excluding carboxylic acids is 1. The van der Waals surface area contributed by atoms with Crippen LogP contribution < -0.4 is 5.32 Å². The molecule has 6 heteroatoms. The van der Waals surface area contributed by atoms with Gasteiger partial charge in [-0.2, -0.15) is 0 Å². The Hall–Kier alpha value is -1.95. The van der Waals surface area contributed by atoms with Crippen molar-refractivity contribution in [3.05, 3.63) is 29.6 Å². The number of anilines is 1. The number of rotatable bonds is 5. The molecule has 0 unspecified atom stereocenters. The molecule has 1 aliphatic rings. The average Bonchev–Trinajstić information content (AvgIpc) is 2.91. The first-order chi connectivity index (χ1) is 9.56. The van der Waals surface area contributed by atoms with Crippen LogP contribution in [0, 0.1) is 5.82 Å². The maximum absolute atomic E-state index is 13.6. The van der Waals surface area contributed by atoms with Crippen molar-refractivity contribution in [3.8, 4) is 0 Å². The van der Waals surface area contributed by atoms with Crippen LogP contribution in [0.4, 0.5) is 10.1 Å². The van der Waals surface area contributed by atoms with Crippen molar-refractivity contribution >= 4 is 17.6 Å². The van der Waals surface area contributed by atoms with Gasteiger partial charge in [0.25, 0.3) is 0 Å². The van der Waals surface area contributed by atoms with Gasteiger partial charge in [0, 0.05) is 0 Å². The lowest BCUT2D eigenvalue weighted by atomic mass is 10.2. The fourth-order valence-corrected chi connectivity index (χ4v) is 2.18. The van der Waals surface area contributed by atoms with Gasteiger partial charge in [0.05, 0.1) is 17.4 Å². The van der Waals surface area contributed by atoms with Crippen molar-refractivity contribution in [2.24, 2.45) is 0 Å². The van der Waals surface area contributed by atoms with Crippen LogP contribution in [0.25, 0.3) is 0 Å². The summed E-state index contributed by atoms with van der Waals surface area (Å²) in [7, 11) is 0. The van der Waals surface area contributed by atoms with Crippen LogP contribution in [0.2, 0.25) is 0 Å². The van der Waals surface area contributed by atoms with Crippen molar-refractivity contribution in [2.45, 2.75) is 31.8 Å². The predicted molar refractivity (Wildman–Crippen MR) is 70.2 cm³/mol. The molecule has 2 rings (SSSR count). The van der Waals surface area contributed by atoms with Crippen molar-refractivity contribution in [1.82, 2.24) is 0 Å². The zero-order valence-electron chi connectivity index (χ0n) is 10.9. The molecule has 1 aromatic rings. The molecule has 5 nitrogen and oxygen atoms in total. The molecule has 1 amide bonds. The molecule has 2 N–H and O–H groups in total. The van der Waals surface area contributed by atoms with E-state index in [1.54, 1.807) is 0 Å². The van der Waals surface area contributed by atoms with Crippen molar-refractivity contribution in [2.75, 3.05) is 11.9 Å². The summed E-state index contributed by atoms with van der Waals surface area (Å²) < 4.78 is 19.0. The predicted octanol–water partition coefficient (Wildman–Crippen LogP) is 2.42. The molecular formula is C14H16FNO4. The van der Waals surface area contributed by atoms with E-state index in [1.807, 2.05) is 0 Å². The molecular weight excluding hydrogens is 265 g/mol. The molecule has 1 aliphatic carbocycles. The van der Waals surface area contributed by atoms with E-state index in [-0.39, 0.29) is 24.0 Å². The Balaban J connectivity index is 1.88. The normalized spacial score (nSPS) is 15.2. The second-order valence-electron chi connectivity index (χ2n) is 4.77. The minimum atomic E-state index is -1.22. The molecule has 0 radical (unpaired) electrons. The second kappa shape index (κ2) is 6.47. The van der Waals surface area contributed by atoms with E-state index in [1.165, 1.54) is 12.1 Å². The molecule has 0 spiro atoms. The van der Waals surface area contributed by atoms with Crippen LogP contribution >= 0.6 is 0 Å². The summed E-state index contributed by atoms with van der Waals surface area (Å²) in [4.78, 5) is 22.3. The molecule has 0 saturated heterocycles. The zero-order chi connectivity index (χ0) is 14.5. The molecule has 1 fully saturated rings. The molecule has 0 aromatic heterocycles. The van der Waals surface area contributed by atoms with Gasteiger partial charge in [0.1, 0.15) is 12.4 Å². The number of amides is 1. The first-order valence-corrected chi connectivity index (χ1v) is 6.50. The van der Waals surface area contributed by atoms with Crippen LogP contribution in [0.5, 0.6) is 0 Å². The SMILES string of the molecule is O=C(COC1CCCC1)Nc1ccc(C(=O)O)cc1F. The number of carboxylic acids is 1.